The number of hydrogen-bond donors (Lipinski definition) is 1. The third-order valence-corrected chi connectivity index (χ3v) is 6.68. The fourth-order valence-electron chi connectivity index (χ4n) is 4.57. The molecular formula is C29H26ClN4O4+. The summed E-state index contributed by atoms with van der Waals surface area (Å²) < 4.78 is 8.21. The molecule has 38 heavy (non-hydrogen) atoms. The highest BCUT2D eigenvalue weighted by Crippen LogP contribution is 2.35. The zero-order chi connectivity index (χ0) is 27.1. The van der Waals surface area contributed by atoms with Crippen LogP contribution in [0.15, 0.2) is 77.9 Å². The van der Waals surface area contributed by atoms with E-state index < -0.39 is 17.4 Å². The van der Waals surface area contributed by atoms with Crippen LogP contribution in [0.5, 0.6) is 5.75 Å². The van der Waals surface area contributed by atoms with E-state index in [1.54, 1.807) is 78.7 Å². The number of carbonyl (C=O) groups excluding carboxylic acids is 2. The molecule has 0 bridgehead atoms. The van der Waals surface area contributed by atoms with Gasteiger partial charge in [0.1, 0.15) is 11.3 Å². The SMILES string of the molecule is COc1ccc(N2C(=O)C(c3c(C(C)C)[nH]n(-c4ccc(Cl)cc4)c3=O)=C([n+]3cccc(C)c3)C2=O)cc1. The lowest BCUT2D eigenvalue weighted by molar-refractivity contribution is -0.577. The Morgan fingerprint density at radius 3 is 2.18 bits per heavy atom. The Bertz CT molecular complexity index is 1650. The number of nitrogens with zero attached hydrogens (tertiary/aromatic N) is 3. The van der Waals surface area contributed by atoms with Crippen molar-refractivity contribution >= 4 is 40.4 Å². The molecule has 0 saturated heterocycles. The van der Waals surface area contributed by atoms with Gasteiger partial charge in [-0.15, -0.1) is 0 Å². The predicted molar refractivity (Wildman–Crippen MR) is 145 cm³/mol. The third-order valence-electron chi connectivity index (χ3n) is 6.43. The number of methoxy groups -OCH3 is 1. The molecule has 0 fully saturated rings. The van der Waals surface area contributed by atoms with Crippen molar-refractivity contribution < 1.29 is 18.9 Å². The molecule has 4 aromatic rings. The predicted octanol–water partition coefficient (Wildman–Crippen LogP) is 4.49. The molecule has 1 aliphatic heterocycles. The Balaban J connectivity index is 1.78. The fourth-order valence-corrected chi connectivity index (χ4v) is 4.69. The van der Waals surface area contributed by atoms with E-state index in [0.717, 1.165) is 10.5 Å². The number of aryl methyl sites for hydroxylation is 1. The second kappa shape index (κ2) is 9.79. The number of benzene rings is 2. The van der Waals surface area contributed by atoms with Crippen LogP contribution in [0.1, 0.15) is 36.6 Å². The zero-order valence-corrected chi connectivity index (χ0v) is 22.1. The highest BCUT2D eigenvalue weighted by Gasteiger charge is 2.48. The summed E-state index contributed by atoms with van der Waals surface area (Å²) >= 11 is 6.05. The molecule has 0 unspecified atom stereocenters. The number of pyridine rings is 1. The number of hydrogen-bond acceptors (Lipinski definition) is 4. The summed E-state index contributed by atoms with van der Waals surface area (Å²) in [7, 11) is 1.54. The van der Waals surface area contributed by atoms with Crippen LogP contribution in [0, 0.1) is 6.92 Å². The van der Waals surface area contributed by atoms with Gasteiger partial charge in [-0.2, -0.15) is 4.57 Å². The van der Waals surface area contributed by atoms with E-state index in [0.29, 0.717) is 27.8 Å². The number of anilines is 1. The second-order valence-corrected chi connectivity index (χ2v) is 9.76. The van der Waals surface area contributed by atoms with Gasteiger partial charge in [0, 0.05) is 22.3 Å². The summed E-state index contributed by atoms with van der Waals surface area (Å²) in [6.07, 6.45) is 3.46. The standard InChI is InChI=1S/C29H25ClN4O4/c1-17(2)25-23(28(36)34(31-25)21-9-7-19(30)8-10-21)24-26(32-15-5-6-18(3)16-32)29(37)33(27(24)35)20-11-13-22(38-4)14-12-20/h5-17H,1-4H3/p+1. The van der Waals surface area contributed by atoms with Crippen LogP contribution >= 0.6 is 11.6 Å². The first kappa shape index (κ1) is 25.2. The highest BCUT2D eigenvalue weighted by molar-refractivity contribution is 6.53. The number of aromatic amines is 1. The molecule has 2 aromatic heterocycles. The molecule has 2 amide bonds. The summed E-state index contributed by atoms with van der Waals surface area (Å²) in [4.78, 5) is 43.1. The van der Waals surface area contributed by atoms with Gasteiger partial charge in [-0.1, -0.05) is 25.4 Å². The molecule has 192 valence electrons. The van der Waals surface area contributed by atoms with Crippen molar-refractivity contribution in [2.24, 2.45) is 0 Å². The summed E-state index contributed by atoms with van der Waals surface area (Å²) in [6, 6.07) is 17.1. The number of halogens is 1. The molecule has 0 radical (unpaired) electrons. The van der Waals surface area contributed by atoms with Crippen LogP contribution in [0.4, 0.5) is 5.69 Å². The van der Waals surface area contributed by atoms with Crippen molar-refractivity contribution in [3.05, 3.63) is 105 Å². The van der Waals surface area contributed by atoms with Crippen LogP contribution in [-0.4, -0.2) is 28.7 Å². The molecule has 8 nitrogen and oxygen atoms in total. The Kier molecular flexibility index (Phi) is 6.50. The molecule has 3 heterocycles. The lowest BCUT2D eigenvalue weighted by atomic mass is 9.98. The van der Waals surface area contributed by atoms with E-state index in [-0.39, 0.29) is 22.8 Å². The van der Waals surface area contributed by atoms with Gasteiger partial charge >= 0.3 is 5.91 Å². The molecule has 0 spiro atoms. The van der Waals surface area contributed by atoms with E-state index in [4.69, 9.17) is 16.3 Å². The van der Waals surface area contributed by atoms with E-state index in [1.807, 2.05) is 26.8 Å². The van der Waals surface area contributed by atoms with Crippen molar-refractivity contribution in [1.29, 1.82) is 0 Å². The first-order chi connectivity index (χ1) is 18.2. The lowest BCUT2D eigenvalue weighted by Gasteiger charge is -2.14. The van der Waals surface area contributed by atoms with Crippen LogP contribution < -0.4 is 19.8 Å². The molecular weight excluding hydrogens is 504 g/mol. The van der Waals surface area contributed by atoms with E-state index >= 15 is 0 Å². The Morgan fingerprint density at radius 2 is 1.58 bits per heavy atom. The van der Waals surface area contributed by atoms with Crippen LogP contribution in [0.2, 0.25) is 5.02 Å². The average molecular weight is 530 g/mol. The monoisotopic (exact) mass is 529 g/mol. The minimum absolute atomic E-state index is 0.0408. The van der Waals surface area contributed by atoms with Crippen LogP contribution in [0.25, 0.3) is 17.0 Å². The zero-order valence-electron chi connectivity index (χ0n) is 21.4. The number of aromatic nitrogens is 3. The van der Waals surface area contributed by atoms with Gasteiger partial charge in [0.15, 0.2) is 12.4 Å². The maximum Gasteiger partial charge on any atom is 0.331 e. The molecule has 9 heteroatoms. The van der Waals surface area contributed by atoms with Crippen molar-refractivity contribution in [2.75, 3.05) is 12.0 Å². The number of rotatable bonds is 6. The van der Waals surface area contributed by atoms with Crippen LogP contribution in [-0.2, 0) is 9.59 Å². The summed E-state index contributed by atoms with van der Waals surface area (Å²) in [5, 5.41) is 3.70. The summed E-state index contributed by atoms with van der Waals surface area (Å²) in [6.45, 7) is 5.73. The molecule has 5 rings (SSSR count). The fraction of sp³-hybridized carbons (Fsp3) is 0.172. The Hall–Kier alpha value is -4.43. The molecule has 1 aliphatic rings. The number of carbonyl (C=O) groups is 2. The Labute approximate surface area is 224 Å². The molecule has 2 aromatic carbocycles. The van der Waals surface area contributed by atoms with Crippen molar-refractivity contribution in [3.8, 4) is 11.4 Å². The first-order valence-electron chi connectivity index (χ1n) is 12.1. The molecule has 0 saturated carbocycles. The van der Waals surface area contributed by atoms with Gasteiger partial charge in [-0.05, 0) is 67.4 Å². The minimum Gasteiger partial charge on any atom is -0.497 e. The van der Waals surface area contributed by atoms with Gasteiger partial charge in [0.05, 0.1) is 24.0 Å². The van der Waals surface area contributed by atoms with Crippen molar-refractivity contribution in [2.45, 2.75) is 26.7 Å². The maximum absolute atomic E-state index is 14.1. The number of nitrogens with one attached hydrogen (secondary N) is 1. The van der Waals surface area contributed by atoms with Gasteiger partial charge in [0.2, 0.25) is 0 Å². The number of amides is 2. The summed E-state index contributed by atoms with van der Waals surface area (Å²) in [5.41, 5.74) is 2.24. The topological polar surface area (TPSA) is 88.3 Å². The number of imide groups is 1. The van der Waals surface area contributed by atoms with Gasteiger partial charge in [0.25, 0.3) is 17.2 Å². The van der Waals surface area contributed by atoms with Gasteiger partial charge in [-0.25, -0.2) is 9.58 Å². The Morgan fingerprint density at radius 1 is 0.921 bits per heavy atom. The number of ether oxygens (including phenoxy) is 1. The minimum atomic E-state index is -0.578. The number of H-pyrrole nitrogens is 1. The van der Waals surface area contributed by atoms with Crippen molar-refractivity contribution in [3.63, 3.8) is 0 Å². The highest BCUT2D eigenvalue weighted by atomic mass is 35.5. The largest absolute Gasteiger partial charge is 0.497 e. The lowest BCUT2D eigenvalue weighted by Crippen LogP contribution is -2.39. The first-order valence-corrected chi connectivity index (χ1v) is 12.5. The van der Waals surface area contributed by atoms with Crippen molar-refractivity contribution in [1.82, 2.24) is 9.78 Å². The quantitative estimate of drug-likeness (QED) is 0.294. The van der Waals surface area contributed by atoms with Crippen LogP contribution in [0.3, 0.4) is 0 Å². The summed E-state index contributed by atoms with van der Waals surface area (Å²) in [5.74, 6) is -0.669. The van der Waals surface area contributed by atoms with Gasteiger partial charge in [-0.3, -0.25) is 19.5 Å². The molecule has 1 N–H and O–H groups in total. The average Bonchev–Trinajstić information content (AvgIpc) is 3.37. The molecule has 0 aliphatic carbocycles. The smallest absolute Gasteiger partial charge is 0.331 e. The second-order valence-electron chi connectivity index (χ2n) is 9.33. The van der Waals surface area contributed by atoms with E-state index in [1.165, 1.54) is 4.68 Å². The maximum atomic E-state index is 14.1. The van der Waals surface area contributed by atoms with Gasteiger partial charge < -0.3 is 4.74 Å². The van der Waals surface area contributed by atoms with E-state index in [2.05, 4.69) is 5.10 Å². The van der Waals surface area contributed by atoms with E-state index in [9.17, 15) is 14.4 Å². The molecule has 0 atom stereocenters. The third kappa shape index (κ3) is 4.22. The normalized spacial score (nSPS) is 13.7.